The van der Waals surface area contributed by atoms with Crippen LogP contribution in [0.25, 0.3) is 0 Å². The van der Waals surface area contributed by atoms with Crippen LogP contribution in [0.2, 0.25) is 0 Å². The smallest absolute Gasteiger partial charge is 0.357 e. The highest BCUT2D eigenvalue weighted by Gasteiger charge is 2.23. The molecule has 1 aliphatic heterocycles. The number of para-hydroxylation sites is 1. The van der Waals surface area contributed by atoms with Gasteiger partial charge in [0.05, 0.1) is 12.8 Å². The van der Waals surface area contributed by atoms with E-state index in [1.54, 1.807) is 0 Å². The van der Waals surface area contributed by atoms with Gasteiger partial charge < -0.3 is 15.4 Å². The predicted molar refractivity (Wildman–Crippen MR) is 73.6 cm³/mol. The number of rotatable bonds is 3. The standard InChI is InChI=1S/C14H14N4O2/c1-20-13(19)12-10-7-15-8-11(10)17-14(18-12)16-9-5-3-2-4-6-9/h2-6,15H,7-8H2,1H3,(H,16,17,18). The molecular weight excluding hydrogens is 256 g/mol. The molecule has 0 atom stereocenters. The lowest BCUT2D eigenvalue weighted by atomic mass is 10.2. The number of hydrogen-bond acceptors (Lipinski definition) is 6. The number of carbonyl (C=O) groups is 1. The van der Waals surface area contributed by atoms with Gasteiger partial charge in [-0.2, -0.15) is 0 Å². The summed E-state index contributed by atoms with van der Waals surface area (Å²) in [4.78, 5) is 20.5. The topological polar surface area (TPSA) is 76.1 Å². The fourth-order valence-electron chi connectivity index (χ4n) is 2.14. The zero-order chi connectivity index (χ0) is 13.9. The Kier molecular flexibility index (Phi) is 3.30. The second-order valence-electron chi connectivity index (χ2n) is 4.41. The minimum Gasteiger partial charge on any atom is -0.464 e. The molecule has 1 aliphatic rings. The van der Waals surface area contributed by atoms with Gasteiger partial charge in [-0.3, -0.25) is 0 Å². The van der Waals surface area contributed by atoms with E-state index in [1.807, 2.05) is 30.3 Å². The summed E-state index contributed by atoms with van der Waals surface area (Å²) in [5.41, 5.74) is 2.84. The van der Waals surface area contributed by atoms with Gasteiger partial charge in [0, 0.05) is 24.3 Å². The van der Waals surface area contributed by atoms with Crippen LogP contribution in [0.5, 0.6) is 0 Å². The van der Waals surface area contributed by atoms with Crippen molar-refractivity contribution < 1.29 is 9.53 Å². The molecule has 0 fully saturated rings. The Bertz CT molecular complexity index is 643. The van der Waals surface area contributed by atoms with Crippen molar-refractivity contribution in [3.8, 4) is 0 Å². The maximum atomic E-state index is 11.8. The van der Waals surface area contributed by atoms with Gasteiger partial charge in [-0.1, -0.05) is 18.2 Å². The summed E-state index contributed by atoms with van der Waals surface area (Å²) in [7, 11) is 1.35. The molecule has 0 radical (unpaired) electrons. The number of benzene rings is 1. The summed E-state index contributed by atoms with van der Waals surface area (Å²) < 4.78 is 4.78. The summed E-state index contributed by atoms with van der Waals surface area (Å²) in [5, 5.41) is 6.26. The molecule has 2 aromatic rings. The summed E-state index contributed by atoms with van der Waals surface area (Å²) in [6.45, 7) is 1.22. The highest BCUT2D eigenvalue weighted by molar-refractivity contribution is 5.89. The maximum Gasteiger partial charge on any atom is 0.357 e. The number of anilines is 2. The van der Waals surface area contributed by atoms with Crippen molar-refractivity contribution in [2.45, 2.75) is 13.1 Å². The van der Waals surface area contributed by atoms with Crippen molar-refractivity contribution in [1.82, 2.24) is 15.3 Å². The van der Waals surface area contributed by atoms with Gasteiger partial charge >= 0.3 is 5.97 Å². The van der Waals surface area contributed by atoms with Gasteiger partial charge in [0.1, 0.15) is 0 Å². The number of esters is 1. The van der Waals surface area contributed by atoms with Gasteiger partial charge in [-0.25, -0.2) is 14.8 Å². The zero-order valence-electron chi connectivity index (χ0n) is 11.0. The van der Waals surface area contributed by atoms with Crippen LogP contribution in [0.15, 0.2) is 30.3 Å². The van der Waals surface area contributed by atoms with Crippen LogP contribution in [0.3, 0.4) is 0 Å². The minimum absolute atomic E-state index is 0.320. The van der Waals surface area contributed by atoms with Crippen LogP contribution < -0.4 is 10.6 Å². The normalized spacial score (nSPS) is 12.8. The molecule has 0 amide bonds. The van der Waals surface area contributed by atoms with Crippen LogP contribution in [0, 0.1) is 0 Å². The van der Waals surface area contributed by atoms with E-state index in [0.29, 0.717) is 24.7 Å². The minimum atomic E-state index is -0.441. The lowest BCUT2D eigenvalue weighted by molar-refractivity contribution is 0.0592. The number of ether oxygens (including phenoxy) is 1. The van der Waals surface area contributed by atoms with E-state index in [2.05, 4.69) is 20.6 Å². The summed E-state index contributed by atoms with van der Waals surface area (Å²) in [6, 6.07) is 9.58. The lowest BCUT2D eigenvalue weighted by Gasteiger charge is -2.09. The van der Waals surface area contributed by atoms with Gasteiger partial charge in [0.25, 0.3) is 0 Å². The van der Waals surface area contributed by atoms with E-state index in [-0.39, 0.29) is 0 Å². The van der Waals surface area contributed by atoms with Crippen molar-refractivity contribution in [3.05, 3.63) is 47.3 Å². The predicted octanol–water partition coefficient (Wildman–Crippen LogP) is 1.61. The third kappa shape index (κ3) is 2.33. The average molecular weight is 270 g/mol. The quantitative estimate of drug-likeness (QED) is 0.825. The molecule has 6 nitrogen and oxygen atoms in total. The molecule has 20 heavy (non-hydrogen) atoms. The Morgan fingerprint density at radius 2 is 2.05 bits per heavy atom. The first kappa shape index (κ1) is 12.6. The van der Waals surface area contributed by atoms with Gasteiger partial charge in [-0.05, 0) is 12.1 Å². The zero-order valence-corrected chi connectivity index (χ0v) is 11.0. The van der Waals surface area contributed by atoms with E-state index in [0.717, 1.165) is 16.9 Å². The molecule has 0 bridgehead atoms. The average Bonchev–Trinajstić information content (AvgIpc) is 2.95. The van der Waals surface area contributed by atoms with Crippen LogP contribution >= 0.6 is 0 Å². The molecule has 0 saturated heterocycles. The van der Waals surface area contributed by atoms with E-state index >= 15 is 0 Å². The first-order chi connectivity index (χ1) is 9.78. The Balaban J connectivity index is 1.98. The number of nitrogens with one attached hydrogen (secondary N) is 2. The summed E-state index contributed by atoms with van der Waals surface area (Å²) in [6.07, 6.45) is 0. The highest BCUT2D eigenvalue weighted by Crippen LogP contribution is 2.21. The number of methoxy groups -OCH3 is 1. The Labute approximate surface area is 116 Å². The number of carbonyl (C=O) groups excluding carboxylic acids is 1. The molecule has 0 spiro atoms. The first-order valence-electron chi connectivity index (χ1n) is 6.29. The maximum absolute atomic E-state index is 11.8. The summed E-state index contributed by atoms with van der Waals surface area (Å²) in [5.74, 6) is -0.0393. The lowest BCUT2D eigenvalue weighted by Crippen LogP contribution is -2.12. The molecule has 3 rings (SSSR count). The molecule has 0 unspecified atom stereocenters. The van der Waals surface area contributed by atoms with Gasteiger partial charge in [0.15, 0.2) is 5.69 Å². The fourth-order valence-corrected chi connectivity index (χ4v) is 2.14. The number of nitrogens with zero attached hydrogens (tertiary/aromatic N) is 2. The second-order valence-corrected chi connectivity index (χ2v) is 4.41. The molecule has 2 N–H and O–H groups in total. The number of fused-ring (bicyclic) bond motifs is 1. The Morgan fingerprint density at radius 1 is 1.25 bits per heavy atom. The molecular formula is C14H14N4O2. The first-order valence-corrected chi connectivity index (χ1v) is 6.29. The summed E-state index contributed by atoms with van der Waals surface area (Å²) >= 11 is 0. The molecule has 0 saturated carbocycles. The molecule has 102 valence electrons. The number of aromatic nitrogens is 2. The molecule has 1 aromatic carbocycles. The van der Waals surface area contributed by atoms with E-state index in [9.17, 15) is 4.79 Å². The van der Waals surface area contributed by atoms with Crippen molar-refractivity contribution in [2.24, 2.45) is 0 Å². The third-order valence-electron chi connectivity index (χ3n) is 3.10. The van der Waals surface area contributed by atoms with Gasteiger partial charge in [0.2, 0.25) is 5.95 Å². The molecule has 1 aromatic heterocycles. The van der Waals surface area contributed by atoms with Crippen LogP contribution in [-0.2, 0) is 17.8 Å². The second kappa shape index (κ2) is 5.26. The molecule has 0 aliphatic carbocycles. The van der Waals surface area contributed by atoms with E-state index < -0.39 is 5.97 Å². The van der Waals surface area contributed by atoms with Crippen LogP contribution in [-0.4, -0.2) is 23.0 Å². The largest absolute Gasteiger partial charge is 0.464 e. The monoisotopic (exact) mass is 270 g/mol. The van der Waals surface area contributed by atoms with Crippen molar-refractivity contribution in [3.63, 3.8) is 0 Å². The van der Waals surface area contributed by atoms with E-state index in [1.165, 1.54) is 7.11 Å². The fraction of sp³-hybridized carbons (Fsp3) is 0.214. The third-order valence-corrected chi connectivity index (χ3v) is 3.10. The number of hydrogen-bond donors (Lipinski definition) is 2. The van der Waals surface area contributed by atoms with Crippen molar-refractivity contribution >= 4 is 17.6 Å². The van der Waals surface area contributed by atoms with Crippen LogP contribution in [0.4, 0.5) is 11.6 Å². The Morgan fingerprint density at radius 3 is 2.80 bits per heavy atom. The van der Waals surface area contributed by atoms with Gasteiger partial charge in [-0.15, -0.1) is 0 Å². The van der Waals surface area contributed by atoms with Crippen molar-refractivity contribution in [1.29, 1.82) is 0 Å². The SMILES string of the molecule is COC(=O)c1nc(Nc2ccccc2)nc2c1CNC2. The highest BCUT2D eigenvalue weighted by atomic mass is 16.5. The Hall–Kier alpha value is -2.47. The molecule has 2 heterocycles. The molecule has 6 heteroatoms. The van der Waals surface area contributed by atoms with E-state index in [4.69, 9.17) is 4.74 Å². The van der Waals surface area contributed by atoms with Crippen LogP contribution in [0.1, 0.15) is 21.7 Å². The van der Waals surface area contributed by atoms with Crippen molar-refractivity contribution in [2.75, 3.05) is 12.4 Å².